The van der Waals surface area contributed by atoms with Crippen LogP contribution in [0.3, 0.4) is 0 Å². The Hall–Kier alpha value is -1.36. The highest BCUT2D eigenvalue weighted by atomic mass is 16.5. The maximum atomic E-state index is 11.8. The van der Waals surface area contributed by atoms with Crippen LogP contribution in [-0.4, -0.2) is 23.7 Å². The molecule has 1 aliphatic carbocycles. The predicted molar refractivity (Wildman–Crippen MR) is 58.9 cm³/mol. The number of carbonyl (C=O) groups is 1. The van der Waals surface area contributed by atoms with Gasteiger partial charge in [-0.3, -0.25) is 4.79 Å². The molecule has 0 bridgehead atoms. The molecule has 1 heterocycles. The summed E-state index contributed by atoms with van der Waals surface area (Å²) in [5.74, 6) is 0.485. The summed E-state index contributed by atoms with van der Waals surface area (Å²) in [5.41, 5.74) is 6.37. The van der Waals surface area contributed by atoms with Gasteiger partial charge in [-0.05, 0) is 32.2 Å². The molecule has 5 nitrogen and oxygen atoms in total. The van der Waals surface area contributed by atoms with Crippen molar-refractivity contribution in [3.8, 4) is 0 Å². The van der Waals surface area contributed by atoms with E-state index in [-0.39, 0.29) is 17.7 Å². The SMILES string of the molecule is Cc1cc(C(=O)NC2CCCC2CN)on1. The molecule has 0 saturated heterocycles. The molecule has 2 atom stereocenters. The second-order valence-corrected chi connectivity index (χ2v) is 4.34. The summed E-state index contributed by atoms with van der Waals surface area (Å²) in [6.07, 6.45) is 3.22. The van der Waals surface area contributed by atoms with Gasteiger partial charge in [0.2, 0.25) is 5.76 Å². The van der Waals surface area contributed by atoms with Gasteiger partial charge in [-0.25, -0.2) is 0 Å². The number of hydrogen-bond acceptors (Lipinski definition) is 4. The van der Waals surface area contributed by atoms with E-state index in [0.717, 1.165) is 19.3 Å². The fourth-order valence-electron chi connectivity index (χ4n) is 2.22. The van der Waals surface area contributed by atoms with Gasteiger partial charge in [0.05, 0.1) is 5.69 Å². The Balaban J connectivity index is 1.97. The number of carbonyl (C=O) groups excluding carboxylic acids is 1. The molecule has 1 aliphatic rings. The molecule has 1 saturated carbocycles. The zero-order valence-electron chi connectivity index (χ0n) is 9.40. The van der Waals surface area contributed by atoms with Crippen LogP contribution in [0.25, 0.3) is 0 Å². The van der Waals surface area contributed by atoms with Gasteiger partial charge in [-0.2, -0.15) is 0 Å². The zero-order valence-corrected chi connectivity index (χ0v) is 9.40. The maximum absolute atomic E-state index is 11.8. The minimum atomic E-state index is -0.189. The summed E-state index contributed by atoms with van der Waals surface area (Å²) >= 11 is 0. The van der Waals surface area contributed by atoms with Crippen molar-refractivity contribution in [3.63, 3.8) is 0 Å². The van der Waals surface area contributed by atoms with Gasteiger partial charge < -0.3 is 15.6 Å². The van der Waals surface area contributed by atoms with E-state index in [1.54, 1.807) is 13.0 Å². The fraction of sp³-hybridized carbons (Fsp3) is 0.636. The van der Waals surface area contributed by atoms with Gasteiger partial charge in [0.25, 0.3) is 5.91 Å². The first-order chi connectivity index (χ1) is 7.70. The molecule has 1 fully saturated rings. The average Bonchev–Trinajstić information content (AvgIpc) is 2.86. The number of aromatic nitrogens is 1. The second kappa shape index (κ2) is 4.65. The second-order valence-electron chi connectivity index (χ2n) is 4.34. The lowest BCUT2D eigenvalue weighted by atomic mass is 10.0. The number of nitrogens with two attached hydrogens (primary N) is 1. The van der Waals surface area contributed by atoms with Crippen LogP contribution in [0.1, 0.15) is 35.5 Å². The molecule has 16 heavy (non-hydrogen) atoms. The molecule has 2 unspecified atom stereocenters. The molecule has 3 N–H and O–H groups in total. The first-order valence-electron chi connectivity index (χ1n) is 5.65. The van der Waals surface area contributed by atoms with Crippen LogP contribution in [-0.2, 0) is 0 Å². The molecule has 0 aromatic carbocycles. The van der Waals surface area contributed by atoms with Crippen molar-refractivity contribution in [1.29, 1.82) is 0 Å². The average molecular weight is 223 g/mol. The maximum Gasteiger partial charge on any atom is 0.290 e. The molecular formula is C11H17N3O2. The topological polar surface area (TPSA) is 81.2 Å². The number of aryl methyl sites for hydroxylation is 1. The first kappa shape index (κ1) is 11.1. The lowest BCUT2D eigenvalue weighted by Crippen LogP contribution is -2.39. The van der Waals surface area contributed by atoms with Crippen molar-refractivity contribution in [2.45, 2.75) is 32.2 Å². The Labute approximate surface area is 94.4 Å². The van der Waals surface area contributed by atoms with Gasteiger partial charge in [-0.1, -0.05) is 11.6 Å². The highest BCUT2D eigenvalue weighted by Gasteiger charge is 2.28. The van der Waals surface area contributed by atoms with E-state index in [1.165, 1.54) is 0 Å². The van der Waals surface area contributed by atoms with Crippen molar-refractivity contribution < 1.29 is 9.32 Å². The standard InChI is InChI=1S/C11H17N3O2/c1-7-5-10(16-14-7)11(15)13-9-4-2-3-8(9)6-12/h5,8-9H,2-4,6,12H2,1H3,(H,13,15). The van der Waals surface area contributed by atoms with E-state index in [9.17, 15) is 4.79 Å². The molecule has 0 aliphatic heterocycles. The predicted octanol–water partition coefficient (Wildman–Crippen LogP) is 0.840. The Kier molecular flexibility index (Phi) is 3.24. The number of rotatable bonds is 3. The van der Waals surface area contributed by atoms with E-state index in [2.05, 4.69) is 10.5 Å². The summed E-state index contributed by atoms with van der Waals surface area (Å²) in [4.78, 5) is 11.8. The Bertz CT molecular complexity index is 375. The van der Waals surface area contributed by atoms with Crippen molar-refractivity contribution in [2.75, 3.05) is 6.54 Å². The van der Waals surface area contributed by atoms with Crippen molar-refractivity contribution in [3.05, 3.63) is 17.5 Å². The fourth-order valence-corrected chi connectivity index (χ4v) is 2.22. The number of hydrogen-bond donors (Lipinski definition) is 2. The lowest BCUT2D eigenvalue weighted by Gasteiger charge is -2.18. The van der Waals surface area contributed by atoms with Gasteiger partial charge in [0, 0.05) is 12.1 Å². The number of nitrogens with one attached hydrogen (secondary N) is 1. The third-order valence-electron chi connectivity index (χ3n) is 3.13. The van der Waals surface area contributed by atoms with Crippen LogP contribution in [0.5, 0.6) is 0 Å². The largest absolute Gasteiger partial charge is 0.351 e. The minimum absolute atomic E-state index is 0.183. The van der Waals surface area contributed by atoms with Crippen molar-refractivity contribution >= 4 is 5.91 Å². The molecule has 88 valence electrons. The van der Waals surface area contributed by atoms with E-state index < -0.39 is 0 Å². The van der Waals surface area contributed by atoms with Gasteiger partial charge >= 0.3 is 0 Å². The van der Waals surface area contributed by atoms with E-state index in [0.29, 0.717) is 18.2 Å². The van der Waals surface area contributed by atoms with E-state index in [4.69, 9.17) is 10.3 Å². The van der Waals surface area contributed by atoms with Crippen LogP contribution in [0.4, 0.5) is 0 Å². The van der Waals surface area contributed by atoms with Crippen molar-refractivity contribution in [2.24, 2.45) is 11.7 Å². The van der Waals surface area contributed by atoms with Crippen LogP contribution in [0, 0.1) is 12.8 Å². The summed E-state index contributed by atoms with van der Waals surface area (Å²) in [6, 6.07) is 1.82. The first-order valence-corrected chi connectivity index (χ1v) is 5.65. The minimum Gasteiger partial charge on any atom is -0.351 e. The summed E-state index contributed by atoms with van der Waals surface area (Å²) in [5, 5.41) is 6.65. The Morgan fingerprint density at radius 1 is 1.69 bits per heavy atom. The molecule has 1 aromatic rings. The summed E-state index contributed by atoms with van der Waals surface area (Å²) in [7, 11) is 0. The van der Waals surface area contributed by atoms with E-state index >= 15 is 0 Å². The lowest BCUT2D eigenvalue weighted by molar-refractivity contribution is 0.0891. The van der Waals surface area contributed by atoms with Gasteiger partial charge in [0.15, 0.2) is 0 Å². The molecule has 1 amide bonds. The summed E-state index contributed by atoms with van der Waals surface area (Å²) < 4.78 is 4.91. The van der Waals surface area contributed by atoms with Gasteiger partial charge in [0.1, 0.15) is 0 Å². The van der Waals surface area contributed by atoms with E-state index in [1.807, 2.05) is 0 Å². The molecular weight excluding hydrogens is 206 g/mol. The smallest absolute Gasteiger partial charge is 0.290 e. The van der Waals surface area contributed by atoms with Crippen LogP contribution >= 0.6 is 0 Å². The Morgan fingerprint density at radius 2 is 2.50 bits per heavy atom. The quantitative estimate of drug-likeness (QED) is 0.795. The normalized spacial score (nSPS) is 24.6. The van der Waals surface area contributed by atoms with Crippen molar-refractivity contribution in [1.82, 2.24) is 10.5 Å². The number of amides is 1. The highest BCUT2D eigenvalue weighted by molar-refractivity contribution is 5.91. The monoisotopic (exact) mass is 223 g/mol. The molecule has 1 aromatic heterocycles. The van der Waals surface area contributed by atoms with Crippen LogP contribution < -0.4 is 11.1 Å². The van der Waals surface area contributed by atoms with Crippen LogP contribution in [0.2, 0.25) is 0 Å². The molecule has 5 heteroatoms. The molecule has 2 rings (SSSR count). The molecule has 0 spiro atoms. The third-order valence-corrected chi connectivity index (χ3v) is 3.13. The Morgan fingerprint density at radius 3 is 3.12 bits per heavy atom. The summed E-state index contributed by atoms with van der Waals surface area (Å²) in [6.45, 7) is 2.42. The van der Waals surface area contributed by atoms with Gasteiger partial charge in [-0.15, -0.1) is 0 Å². The highest BCUT2D eigenvalue weighted by Crippen LogP contribution is 2.24. The molecule has 0 radical (unpaired) electrons. The third kappa shape index (κ3) is 2.24. The zero-order chi connectivity index (χ0) is 11.5. The number of nitrogens with zero attached hydrogens (tertiary/aromatic N) is 1. The van der Waals surface area contributed by atoms with Crippen LogP contribution in [0.15, 0.2) is 10.6 Å².